The Morgan fingerprint density at radius 1 is 0.857 bits per heavy atom. The van der Waals surface area contributed by atoms with E-state index in [1.165, 1.54) is 3.97 Å². The number of benzene rings is 3. The van der Waals surface area contributed by atoms with Crippen LogP contribution in [0.25, 0.3) is 22.2 Å². The zero-order valence-electron chi connectivity index (χ0n) is 15.8. The van der Waals surface area contributed by atoms with Gasteiger partial charge in [0.25, 0.3) is 10.0 Å². The van der Waals surface area contributed by atoms with E-state index in [2.05, 4.69) is 0 Å². The van der Waals surface area contributed by atoms with Crippen molar-refractivity contribution in [2.75, 3.05) is 7.11 Å². The number of nitrogens with zero attached hydrogens (tertiary/aromatic N) is 1. The van der Waals surface area contributed by atoms with E-state index in [4.69, 9.17) is 4.74 Å². The van der Waals surface area contributed by atoms with Crippen LogP contribution in [0.4, 0.5) is 0 Å². The largest absolute Gasteiger partial charge is 0.380 e. The Morgan fingerprint density at radius 3 is 2.18 bits per heavy atom. The van der Waals surface area contributed by atoms with Gasteiger partial charge >= 0.3 is 0 Å². The lowest BCUT2D eigenvalue weighted by molar-refractivity contribution is 0.186. The van der Waals surface area contributed by atoms with Gasteiger partial charge in [0.05, 0.1) is 22.7 Å². The molecule has 4 aromatic rings. The van der Waals surface area contributed by atoms with Crippen molar-refractivity contribution in [3.05, 3.63) is 90.0 Å². The molecule has 0 N–H and O–H groups in total. The van der Waals surface area contributed by atoms with Gasteiger partial charge < -0.3 is 4.74 Å². The predicted molar refractivity (Wildman–Crippen MR) is 112 cm³/mol. The quantitative estimate of drug-likeness (QED) is 0.481. The van der Waals surface area contributed by atoms with Crippen LogP contribution in [0, 0.1) is 6.92 Å². The normalized spacial score (nSPS) is 11.8. The Morgan fingerprint density at radius 2 is 1.50 bits per heavy atom. The van der Waals surface area contributed by atoms with Crippen molar-refractivity contribution in [2.24, 2.45) is 0 Å². The van der Waals surface area contributed by atoms with Gasteiger partial charge in [0.1, 0.15) is 0 Å². The standard InChI is InChI=1S/C23H21NO3S/c1-17-12-14-19(15-13-17)28(25,26)24-22-11-7-6-10-20(22)21(16-27-2)23(24)18-8-4-3-5-9-18/h3-15H,16H2,1-2H3. The van der Waals surface area contributed by atoms with Crippen LogP contribution in [0.3, 0.4) is 0 Å². The van der Waals surface area contributed by atoms with E-state index in [9.17, 15) is 8.42 Å². The van der Waals surface area contributed by atoms with Gasteiger partial charge in [-0.05, 0) is 30.7 Å². The van der Waals surface area contributed by atoms with Gasteiger partial charge in [0, 0.05) is 18.1 Å². The van der Waals surface area contributed by atoms with Crippen molar-refractivity contribution in [1.29, 1.82) is 0 Å². The second kappa shape index (κ2) is 7.26. The van der Waals surface area contributed by atoms with Crippen molar-refractivity contribution in [3.63, 3.8) is 0 Å². The maximum atomic E-state index is 13.7. The number of methoxy groups -OCH3 is 1. The molecule has 28 heavy (non-hydrogen) atoms. The molecule has 0 atom stereocenters. The van der Waals surface area contributed by atoms with E-state index in [0.29, 0.717) is 17.8 Å². The summed E-state index contributed by atoms with van der Waals surface area (Å²) in [7, 11) is -2.18. The van der Waals surface area contributed by atoms with Crippen molar-refractivity contribution in [3.8, 4) is 11.3 Å². The first-order valence-electron chi connectivity index (χ1n) is 9.03. The number of ether oxygens (including phenoxy) is 1. The number of rotatable bonds is 5. The van der Waals surface area contributed by atoms with Crippen LogP contribution in [-0.4, -0.2) is 19.5 Å². The van der Waals surface area contributed by atoms with Gasteiger partial charge in [-0.3, -0.25) is 0 Å². The van der Waals surface area contributed by atoms with Crippen LogP contribution in [0.15, 0.2) is 83.8 Å². The molecular weight excluding hydrogens is 370 g/mol. The number of hydrogen-bond acceptors (Lipinski definition) is 3. The molecule has 0 amide bonds. The minimum Gasteiger partial charge on any atom is -0.380 e. The number of hydrogen-bond donors (Lipinski definition) is 0. The monoisotopic (exact) mass is 391 g/mol. The Bertz CT molecular complexity index is 1220. The van der Waals surface area contributed by atoms with Crippen LogP contribution in [0.1, 0.15) is 11.1 Å². The molecule has 4 rings (SSSR count). The molecule has 0 spiro atoms. The van der Waals surface area contributed by atoms with E-state index >= 15 is 0 Å². The highest BCUT2D eigenvalue weighted by Crippen LogP contribution is 2.37. The molecule has 0 fully saturated rings. The van der Waals surface area contributed by atoms with Crippen LogP contribution >= 0.6 is 0 Å². The van der Waals surface area contributed by atoms with E-state index in [1.54, 1.807) is 19.2 Å². The second-order valence-corrected chi connectivity index (χ2v) is 8.51. The molecule has 0 aliphatic rings. The van der Waals surface area contributed by atoms with E-state index in [1.807, 2.05) is 73.7 Å². The molecule has 5 heteroatoms. The molecule has 0 bridgehead atoms. The first-order valence-corrected chi connectivity index (χ1v) is 10.5. The Kier molecular flexibility index (Phi) is 4.79. The molecule has 0 unspecified atom stereocenters. The predicted octanol–water partition coefficient (Wildman–Crippen LogP) is 5.00. The third-order valence-corrected chi connectivity index (χ3v) is 6.56. The number of aryl methyl sites for hydroxylation is 1. The molecule has 142 valence electrons. The van der Waals surface area contributed by atoms with E-state index < -0.39 is 10.0 Å². The second-order valence-electron chi connectivity index (χ2n) is 6.73. The van der Waals surface area contributed by atoms with Gasteiger partial charge in [-0.2, -0.15) is 0 Å². The van der Waals surface area contributed by atoms with Crippen LogP contribution in [-0.2, 0) is 21.4 Å². The molecule has 1 heterocycles. The summed E-state index contributed by atoms with van der Waals surface area (Å²) in [5.74, 6) is 0. The number of fused-ring (bicyclic) bond motifs is 1. The van der Waals surface area contributed by atoms with Gasteiger partial charge in [-0.15, -0.1) is 0 Å². The zero-order valence-corrected chi connectivity index (χ0v) is 16.6. The summed E-state index contributed by atoms with van der Waals surface area (Å²) < 4.78 is 34.3. The summed E-state index contributed by atoms with van der Waals surface area (Å²) in [6.07, 6.45) is 0. The van der Waals surface area contributed by atoms with Crippen LogP contribution in [0.2, 0.25) is 0 Å². The fourth-order valence-electron chi connectivity index (χ4n) is 3.52. The first kappa shape index (κ1) is 18.5. The summed E-state index contributed by atoms with van der Waals surface area (Å²) in [5, 5.41) is 0.874. The molecule has 0 aliphatic carbocycles. The lowest BCUT2D eigenvalue weighted by Crippen LogP contribution is -2.14. The molecular formula is C23H21NO3S. The van der Waals surface area contributed by atoms with E-state index in [0.717, 1.165) is 22.1 Å². The highest BCUT2D eigenvalue weighted by atomic mass is 32.2. The fraction of sp³-hybridized carbons (Fsp3) is 0.130. The lowest BCUT2D eigenvalue weighted by atomic mass is 10.1. The minimum atomic E-state index is -3.80. The van der Waals surface area contributed by atoms with Gasteiger partial charge in [0.2, 0.25) is 0 Å². The highest BCUT2D eigenvalue weighted by Gasteiger charge is 2.27. The first-order chi connectivity index (χ1) is 13.5. The van der Waals surface area contributed by atoms with Crippen molar-refractivity contribution >= 4 is 20.9 Å². The lowest BCUT2D eigenvalue weighted by Gasteiger charge is -2.14. The SMILES string of the molecule is COCc1c(-c2ccccc2)n(S(=O)(=O)c2ccc(C)cc2)c2ccccc12. The Labute approximate surface area is 165 Å². The molecule has 1 aromatic heterocycles. The molecule has 4 nitrogen and oxygen atoms in total. The number of aromatic nitrogens is 1. The third kappa shape index (κ3) is 3.03. The van der Waals surface area contributed by atoms with E-state index in [-0.39, 0.29) is 4.90 Å². The summed E-state index contributed by atoms with van der Waals surface area (Å²) in [6.45, 7) is 2.26. The molecule has 0 radical (unpaired) electrons. The zero-order chi connectivity index (χ0) is 19.7. The summed E-state index contributed by atoms with van der Waals surface area (Å²) in [5.41, 5.74) is 4.00. The maximum absolute atomic E-state index is 13.7. The highest BCUT2D eigenvalue weighted by molar-refractivity contribution is 7.90. The minimum absolute atomic E-state index is 0.264. The van der Waals surface area contributed by atoms with Gasteiger partial charge in [0.15, 0.2) is 0 Å². The van der Waals surface area contributed by atoms with Crippen molar-refractivity contribution in [1.82, 2.24) is 3.97 Å². The average molecular weight is 391 g/mol. The van der Waals surface area contributed by atoms with Crippen molar-refractivity contribution < 1.29 is 13.2 Å². The van der Waals surface area contributed by atoms with Gasteiger partial charge in [-0.25, -0.2) is 12.4 Å². The average Bonchev–Trinajstić information content (AvgIpc) is 3.04. The van der Waals surface area contributed by atoms with Gasteiger partial charge in [-0.1, -0.05) is 66.2 Å². The third-order valence-electron chi connectivity index (χ3n) is 4.83. The topological polar surface area (TPSA) is 48.3 Å². The fourth-order valence-corrected chi connectivity index (χ4v) is 5.08. The Hall–Kier alpha value is -2.89. The number of para-hydroxylation sites is 1. The molecule has 0 aliphatic heterocycles. The molecule has 3 aromatic carbocycles. The Balaban J connectivity index is 2.12. The van der Waals surface area contributed by atoms with Crippen LogP contribution < -0.4 is 0 Å². The van der Waals surface area contributed by atoms with Crippen LogP contribution in [0.5, 0.6) is 0 Å². The summed E-state index contributed by atoms with van der Waals surface area (Å²) in [4.78, 5) is 0.264. The molecule has 0 saturated carbocycles. The smallest absolute Gasteiger partial charge is 0.268 e. The summed E-state index contributed by atoms with van der Waals surface area (Å²) >= 11 is 0. The molecule has 0 saturated heterocycles. The maximum Gasteiger partial charge on any atom is 0.268 e. The van der Waals surface area contributed by atoms with Crippen molar-refractivity contribution in [2.45, 2.75) is 18.4 Å². The summed E-state index contributed by atoms with van der Waals surface area (Å²) in [6, 6.07) is 24.1.